The summed E-state index contributed by atoms with van der Waals surface area (Å²) in [5.41, 5.74) is 3.10. The quantitative estimate of drug-likeness (QED) is 0.471. The first-order chi connectivity index (χ1) is 16.0. The number of ether oxygens (including phenoxy) is 1. The van der Waals surface area contributed by atoms with Gasteiger partial charge < -0.3 is 9.64 Å². The number of methoxy groups -OCH3 is 1. The summed E-state index contributed by atoms with van der Waals surface area (Å²) >= 11 is 5.99. The lowest BCUT2D eigenvalue weighted by Gasteiger charge is -2.30. The predicted molar refractivity (Wildman–Crippen MR) is 124 cm³/mol. The van der Waals surface area contributed by atoms with Crippen LogP contribution in [0.15, 0.2) is 72.8 Å². The number of halogens is 2. The molecule has 7 heteroatoms. The summed E-state index contributed by atoms with van der Waals surface area (Å²) < 4.78 is 18.8. The molecule has 170 valence electrons. The Kier molecular flexibility index (Phi) is 7.06. The van der Waals surface area contributed by atoms with Crippen molar-refractivity contribution in [3.63, 3.8) is 0 Å². The highest BCUT2D eigenvalue weighted by molar-refractivity contribution is 6.30. The van der Waals surface area contributed by atoms with Crippen LogP contribution in [0.5, 0.6) is 0 Å². The SMILES string of the molecule is COC(=O)CC(NC1c2ccccc2C(=O)N1CCc1ccc(Cl)cc1)c1cccc(F)c1. The van der Waals surface area contributed by atoms with Crippen molar-refractivity contribution in [3.05, 3.63) is 106 Å². The zero-order valence-electron chi connectivity index (χ0n) is 18.1. The number of carbonyl (C=O) groups is 2. The molecule has 0 saturated carbocycles. The standard InChI is InChI=1S/C26H24ClFN2O3/c1-33-24(31)16-23(18-5-4-6-20(28)15-18)29-25-21-7-2-3-8-22(21)26(32)30(25)14-13-17-9-11-19(27)12-10-17/h2-12,15,23,25,29H,13-14,16H2,1H3. The van der Waals surface area contributed by atoms with Crippen LogP contribution in [0.1, 0.15) is 45.7 Å². The van der Waals surface area contributed by atoms with Gasteiger partial charge in [-0.3, -0.25) is 14.9 Å². The van der Waals surface area contributed by atoms with Gasteiger partial charge in [-0.15, -0.1) is 0 Å². The van der Waals surface area contributed by atoms with E-state index in [0.717, 1.165) is 11.1 Å². The number of rotatable bonds is 8. The first kappa shape index (κ1) is 23.0. The van der Waals surface area contributed by atoms with Gasteiger partial charge in [0.25, 0.3) is 5.91 Å². The van der Waals surface area contributed by atoms with E-state index in [-0.39, 0.29) is 12.3 Å². The van der Waals surface area contributed by atoms with Crippen LogP contribution in [0.3, 0.4) is 0 Å². The summed E-state index contributed by atoms with van der Waals surface area (Å²) in [5.74, 6) is -0.915. The third kappa shape index (κ3) is 5.24. The van der Waals surface area contributed by atoms with E-state index in [0.29, 0.717) is 29.1 Å². The number of nitrogens with zero attached hydrogens (tertiary/aromatic N) is 1. The molecule has 1 N–H and O–H groups in total. The fourth-order valence-electron chi connectivity index (χ4n) is 4.12. The molecule has 1 amide bonds. The van der Waals surface area contributed by atoms with Gasteiger partial charge in [-0.05, 0) is 47.9 Å². The Morgan fingerprint density at radius 1 is 1.12 bits per heavy atom. The predicted octanol–water partition coefficient (Wildman–Crippen LogP) is 5.07. The Balaban J connectivity index is 1.63. The molecule has 0 fully saturated rings. The fourth-order valence-corrected chi connectivity index (χ4v) is 4.24. The highest BCUT2D eigenvalue weighted by atomic mass is 35.5. The van der Waals surface area contributed by atoms with E-state index in [1.807, 2.05) is 42.5 Å². The minimum atomic E-state index is -0.546. The average Bonchev–Trinajstić information content (AvgIpc) is 3.09. The van der Waals surface area contributed by atoms with Gasteiger partial charge in [0.05, 0.1) is 13.5 Å². The van der Waals surface area contributed by atoms with Gasteiger partial charge in [0.2, 0.25) is 0 Å². The zero-order valence-corrected chi connectivity index (χ0v) is 18.9. The molecule has 0 saturated heterocycles. The number of fused-ring (bicyclic) bond motifs is 1. The molecule has 2 unspecified atom stereocenters. The molecule has 0 spiro atoms. The van der Waals surface area contributed by atoms with E-state index >= 15 is 0 Å². The van der Waals surface area contributed by atoms with E-state index in [2.05, 4.69) is 5.32 Å². The van der Waals surface area contributed by atoms with Crippen molar-refractivity contribution in [2.75, 3.05) is 13.7 Å². The topological polar surface area (TPSA) is 58.6 Å². The zero-order chi connectivity index (χ0) is 23.4. The van der Waals surface area contributed by atoms with Crippen molar-refractivity contribution < 1.29 is 18.7 Å². The van der Waals surface area contributed by atoms with Crippen LogP contribution >= 0.6 is 11.6 Å². The van der Waals surface area contributed by atoms with Crippen LogP contribution in [0.4, 0.5) is 4.39 Å². The minimum absolute atomic E-state index is 0.00215. The van der Waals surface area contributed by atoms with Crippen molar-refractivity contribution in [2.45, 2.75) is 25.0 Å². The van der Waals surface area contributed by atoms with Crippen molar-refractivity contribution >= 4 is 23.5 Å². The number of hydrogen-bond donors (Lipinski definition) is 1. The molecule has 4 rings (SSSR count). The number of nitrogens with one attached hydrogen (secondary N) is 1. The highest BCUT2D eigenvalue weighted by Gasteiger charge is 2.37. The molecule has 0 radical (unpaired) electrons. The molecule has 0 aromatic heterocycles. The Labute approximate surface area is 197 Å². The second kappa shape index (κ2) is 10.1. The molecule has 3 aromatic rings. The third-order valence-electron chi connectivity index (χ3n) is 5.82. The lowest BCUT2D eigenvalue weighted by molar-refractivity contribution is -0.141. The summed E-state index contributed by atoms with van der Waals surface area (Å²) in [7, 11) is 1.32. The van der Waals surface area contributed by atoms with Gasteiger partial charge in [0, 0.05) is 28.7 Å². The number of esters is 1. The molecule has 5 nitrogen and oxygen atoms in total. The number of benzene rings is 3. The van der Waals surface area contributed by atoms with Gasteiger partial charge >= 0.3 is 5.97 Å². The van der Waals surface area contributed by atoms with Crippen molar-refractivity contribution in [2.24, 2.45) is 0 Å². The van der Waals surface area contributed by atoms with E-state index in [1.54, 1.807) is 23.1 Å². The molecule has 2 atom stereocenters. The Hall–Kier alpha value is -3.22. The molecule has 3 aromatic carbocycles. The minimum Gasteiger partial charge on any atom is -0.469 e. The van der Waals surface area contributed by atoms with E-state index in [9.17, 15) is 14.0 Å². The lowest BCUT2D eigenvalue weighted by atomic mass is 10.0. The van der Waals surface area contributed by atoms with Gasteiger partial charge in [0.1, 0.15) is 12.0 Å². The van der Waals surface area contributed by atoms with Crippen LogP contribution in [0.2, 0.25) is 5.02 Å². The normalized spacial score (nSPS) is 15.9. The monoisotopic (exact) mass is 466 g/mol. The Morgan fingerprint density at radius 2 is 1.88 bits per heavy atom. The number of hydrogen-bond acceptors (Lipinski definition) is 4. The molecule has 1 aliphatic rings. The van der Waals surface area contributed by atoms with E-state index < -0.39 is 24.0 Å². The van der Waals surface area contributed by atoms with Crippen molar-refractivity contribution in [3.8, 4) is 0 Å². The molecule has 1 heterocycles. The molecular weight excluding hydrogens is 443 g/mol. The second-order valence-electron chi connectivity index (χ2n) is 7.92. The molecule has 0 aliphatic carbocycles. The van der Waals surface area contributed by atoms with Crippen LogP contribution in [-0.2, 0) is 16.0 Å². The maximum absolute atomic E-state index is 14.0. The van der Waals surface area contributed by atoms with Crippen LogP contribution in [0, 0.1) is 5.82 Å². The largest absolute Gasteiger partial charge is 0.469 e. The smallest absolute Gasteiger partial charge is 0.307 e. The van der Waals surface area contributed by atoms with Crippen LogP contribution < -0.4 is 5.32 Å². The van der Waals surface area contributed by atoms with Gasteiger partial charge in [-0.25, -0.2) is 4.39 Å². The molecular formula is C26H24ClFN2O3. The molecule has 33 heavy (non-hydrogen) atoms. The maximum atomic E-state index is 14.0. The number of carbonyl (C=O) groups excluding carboxylic acids is 2. The highest BCUT2D eigenvalue weighted by Crippen LogP contribution is 2.34. The summed E-state index contributed by atoms with van der Waals surface area (Å²) in [6.07, 6.45) is 0.160. The van der Waals surface area contributed by atoms with Gasteiger partial charge in [0.15, 0.2) is 0 Å². The molecule has 1 aliphatic heterocycles. The van der Waals surface area contributed by atoms with Gasteiger partial charge in [-0.2, -0.15) is 0 Å². The van der Waals surface area contributed by atoms with Gasteiger partial charge in [-0.1, -0.05) is 54.1 Å². The molecule has 0 bridgehead atoms. The maximum Gasteiger partial charge on any atom is 0.307 e. The van der Waals surface area contributed by atoms with E-state index in [1.165, 1.54) is 19.2 Å². The first-order valence-corrected chi connectivity index (χ1v) is 11.1. The Bertz CT molecular complexity index is 1150. The first-order valence-electron chi connectivity index (χ1n) is 10.7. The summed E-state index contributed by atoms with van der Waals surface area (Å²) in [5, 5.41) is 4.08. The fraction of sp³-hybridized carbons (Fsp3) is 0.231. The average molecular weight is 467 g/mol. The second-order valence-corrected chi connectivity index (χ2v) is 8.36. The van der Waals surface area contributed by atoms with Crippen molar-refractivity contribution in [1.29, 1.82) is 0 Å². The summed E-state index contributed by atoms with van der Waals surface area (Å²) in [6.45, 7) is 0.459. The van der Waals surface area contributed by atoms with Crippen LogP contribution in [-0.4, -0.2) is 30.4 Å². The third-order valence-corrected chi connectivity index (χ3v) is 6.07. The van der Waals surface area contributed by atoms with Crippen molar-refractivity contribution in [1.82, 2.24) is 10.2 Å². The van der Waals surface area contributed by atoms with Crippen LogP contribution in [0.25, 0.3) is 0 Å². The number of amides is 1. The lowest BCUT2D eigenvalue weighted by Crippen LogP contribution is -2.40. The Morgan fingerprint density at radius 3 is 2.61 bits per heavy atom. The van der Waals surface area contributed by atoms with E-state index in [4.69, 9.17) is 16.3 Å². The summed E-state index contributed by atoms with van der Waals surface area (Å²) in [4.78, 5) is 27.1. The summed E-state index contributed by atoms with van der Waals surface area (Å²) in [6, 6.07) is 20.5.